The van der Waals surface area contributed by atoms with Gasteiger partial charge in [-0.3, -0.25) is 14.5 Å². The van der Waals surface area contributed by atoms with Crippen LogP contribution in [0.1, 0.15) is 43.4 Å². The first-order chi connectivity index (χ1) is 15.1. The summed E-state index contributed by atoms with van der Waals surface area (Å²) in [4.78, 5) is 27.1. The number of amides is 1. The van der Waals surface area contributed by atoms with Gasteiger partial charge in [-0.25, -0.2) is 0 Å². The number of benzene rings is 2. The fourth-order valence-electron chi connectivity index (χ4n) is 4.35. The second-order valence-corrected chi connectivity index (χ2v) is 8.31. The molecular weight excluding hydrogens is 392 g/mol. The summed E-state index contributed by atoms with van der Waals surface area (Å²) in [5, 5.41) is 2.95. The predicted molar refractivity (Wildman–Crippen MR) is 118 cm³/mol. The number of carbonyl (C=O) groups excluding carboxylic acids is 2. The molecule has 1 amide bonds. The number of carbonyl (C=O) groups is 2. The standard InChI is InChI=1S/C25H30N2O4/c1-18(28)21(15-19-7-3-2-4-8-19)26-25(29)17-27-12-5-9-22(27)20-10-11-23-24(16-20)31-14-6-13-30-23/h2-4,7-8,10-11,16,21-22H,5-6,9,12-15,17H2,1H3,(H,26,29)/t21-,22-/m0/s1. The molecule has 0 unspecified atom stereocenters. The molecule has 4 rings (SSSR count). The Morgan fingerprint density at radius 2 is 1.84 bits per heavy atom. The van der Waals surface area contributed by atoms with Crippen molar-refractivity contribution >= 4 is 11.7 Å². The highest BCUT2D eigenvalue weighted by atomic mass is 16.5. The van der Waals surface area contributed by atoms with Gasteiger partial charge in [-0.2, -0.15) is 0 Å². The Morgan fingerprint density at radius 3 is 2.61 bits per heavy atom. The van der Waals surface area contributed by atoms with E-state index >= 15 is 0 Å². The lowest BCUT2D eigenvalue weighted by molar-refractivity contribution is -0.127. The second kappa shape index (κ2) is 9.96. The van der Waals surface area contributed by atoms with E-state index in [1.165, 1.54) is 6.92 Å². The average molecular weight is 423 g/mol. The Hall–Kier alpha value is -2.86. The zero-order valence-electron chi connectivity index (χ0n) is 18.0. The molecule has 2 aliphatic rings. The van der Waals surface area contributed by atoms with Crippen LogP contribution in [0.15, 0.2) is 48.5 Å². The third-order valence-corrected chi connectivity index (χ3v) is 5.98. The summed E-state index contributed by atoms with van der Waals surface area (Å²) in [5.74, 6) is 1.43. The van der Waals surface area contributed by atoms with E-state index in [-0.39, 0.29) is 24.3 Å². The quantitative estimate of drug-likeness (QED) is 0.742. The van der Waals surface area contributed by atoms with Gasteiger partial charge in [0.1, 0.15) is 0 Å². The Bertz CT molecular complexity index is 915. The van der Waals surface area contributed by atoms with E-state index in [2.05, 4.69) is 22.3 Å². The van der Waals surface area contributed by atoms with Crippen LogP contribution in [-0.4, -0.2) is 48.9 Å². The molecule has 0 aliphatic carbocycles. The molecule has 164 valence electrons. The fourth-order valence-corrected chi connectivity index (χ4v) is 4.35. The maximum absolute atomic E-state index is 12.8. The first-order valence-corrected chi connectivity index (χ1v) is 11.1. The van der Waals surface area contributed by atoms with Crippen molar-refractivity contribution in [2.45, 2.75) is 44.7 Å². The van der Waals surface area contributed by atoms with Crippen LogP contribution in [0.25, 0.3) is 0 Å². The summed E-state index contributed by atoms with van der Waals surface area (Å²) in [7, 11) is 0. The monoisotopic (exact) mass is 422 g/mol. The molecule has 2 aromatic carbocycles. The van der Waals surface area contributed by atoms with E-state index in [1.807, 2.05) is 36.4 Å². The molecule has 2 heterocycles. The molecule has 0 radical (unpaired) electrons. The second-order valence-electron chi connectivity index (χ2n) is 8.31. The summed E-state index contributed by atoms with van der Waals surface area (Å²) in [6.07, 6.45) is 3.41. The van der Waals surface area contributed by atoms with Crippen molar-refractivity contribution in [3.63, 3.8) is 0 Å². The van der Waals surface area contributed by atoms with E-state index in [9.17, 15) is 9.59 Å². The Morgan fingerprint density at radius 1 is 1.06 bits per heavy atom. The number of fused-ring (bicyclic) bond motifs is 1. The van der Waals surface area contributed by atoms with Crippen LogP contribution in [-0.2, 0) is 16.0 Å². The number of ketones is 1. The van der Waals surface area contributed by atoms with Crippen LogP contribution in [0.2, 0.25) is 0 Å². The molecule has 1 saturated heterocycles. The van der Waals surface area contributed by atoms with Crippen LogP contribution >= 0.6 is 0 Å². The normalized spacial score (nSPS) is 19.5. The molecule has 0 bridgehead atoms. The Balaban J connectivity index is 1.40. The largest absolute Gasteiger partial charge is 0.490 e. The third-order valence-electron chi connectivity index (χ3n) is 5.98. The van der Waals surface area contributed by atoms with Crippen LogP contribution in [0.4, 0.5) is 0 Å². The van der Waals surface area contributed by atoms with Gasteiger partial charge in [0, 0.05) is 12.5 Å². The highest BCUT2D eigenvalue weighted by molar-refractivity contribution is 5.88. The molecule has 31 heavy (non-hydrogen) atoms. The average Bonchev–Trinajstić information content (AvgIpc) is 3.09. The highest BCUT2D eigenvalue weighted by Gasteiger charge is 2.29. The molecule has 2 aromatic rings. The van der Waals surface area contributed by atoms with Gasteiger partial charge in [-0.05, 0) is 56.0 Å². The van der Waals surface area contributed by atoms with Gasteiger partial charge in [0.25, 0.3) is 0 Å². The lowest BCUT2D eigenvalue weighted by Gasteiger charge is -2.26. The zero-order chi connectivity index (χ0) is 21.6. The van der Waals surface area contributed by atoms with Crippen molar-refractivity contribution in [3.05, 3.63) is 59.7 Å². The van der Waals surface area contributed by atoms with Crippen LogP contribution in [0.5, 0.6) is 11.5 Å². The first kappa shape index (κ1) is 21.4. The van der Waals surface area contributed by atoms with Crippen molar-refractivity contribution < 1.29 is 19.1 Å². The minimum absolute atomic E-state index is 0.0296. The molecule has 2 atom stereocenters. The van der Waals surface area contributed by atoms with Gasteiger partial charge >= 0.3 is 0 Å². The zero-order valence-corrected chi connectivity index (χ0v) is 18.0. The molecule has 0 spiro atoms. The van der Waals surface area contributed by atoms with E-state index in [4.69, 9.17) is 9.47 Å². The predicted octanol–water partition coefficient (Wildman–Crippen LogP) is 3.30. The number of hydrogen-bond donors (Lipinski definition) is 1. The molecule has 1 N–H and O–H groups in total. The number of ether oxygens (including phenoxy) is 2. The molecule has 1 fully saturated rings. The third kappa shape index (κ3) is 5.44. The molecule has 0 saturated carbocycles. The topological polar surface area (TPSA) is 67.9 Å². The van der Waals surface area contributed by atoms with Gasteiger partial charge in [0.2, 0.25) is 5.91 Å². The van der Waals surface area contributed by atoms with Crippen LogP contribution in [0, 0.1) is 0 Å². The smallest absolute Gasteiger partial charge is 0.234 e. The Kier molecular flexibility index (Phi) is 6.87. The van der Waals surface area contributed by atoms with Crippen LogP contribution in [0.3, 0.4) is 0 Å². The van der Waals surface area contributed by atoms with E-state index in [0.717, 1.165) is 48.4 Å². The molecule has 0 aromatic heterocycles. The van der Waals surface area contributed by atoms with Gasteiger partial charge in [0.15, 0.2) is 17.3 Å². The van der Waals surface area contributed by atoms with Gasteiger partial charge in [0.05, 0.1) is 25.8 Å². The maximum atomic E-state index is 12.8. The minimum Gasteiger partial charge on any atom is -0.490 e. The number of likely N-dealkylation sites (tertiary alicyclic amines) is 1. The maximum Gasteiger partial charge on any atom is 0.234 e. The van der Waals surface area contributed by atoms with E-state index in [1.54, 1.807) is 0 Å². The fraction of sp³-hybridized carbons (Fsp3) is 0.440. The summed E-state index contributed by atoms with van der Waals surface area (Å²) in [6.45, 7) is 3.99. The molecule has 6 nitrogen and oxygen atoms in total. The van der Waals surface area contributed by atoms with E-state index in [0.29, 0.717) is 19.6 Å². The molecule has 2 aliphatic heterocycles. The lowest BCUT2D eigenvalue weighted by atomic mass is 10.0. The number of nitrogens with one attached hydrogen (secondary N) is 1. The number of hydrogen-bond acceptors (Lipinski definition) is 5. The summed E-state index contributed by atoms with van der Waals surface area (Å²) < 4.78 is 11.6. The summed E-state index contributed by atoms with van der Waals surface area (Å²) >= 11 is 0. The van der Waals surface area contributed by atoms with Gasteiger partial charge in [-0.1, -0.05) is 36.4 Å². The minimum atomic E-state index is -0.506. The van der Waals surface area contributed by atoms with Gasteiger partial charge in [-0.15, -0.1) is 0 Å². The first-order valence-electron chi connectivity index (χ1n) is 11.1. The molecular formula is C25H30N2O4. The van der Waals surface area contributed by atoms with Crippen molar-refractivity contribution in [1.82, 2.24) is 10.2 Å². The van der Waals surface area contributed by atoms with Crippen molar-refractivity contribution in [2.24, 2.45) is 0 Å². The summed E-state index contributed by atoms with van der Waals surface area (Å²) in [6, 6.07) is 15.5. The van der Waals surface area contributed by atoms with E-state index < -0.39 is 6.04 Å². The van der Waals surface area contributed by atoms with Gasteiger partial charge < -0.3 is 14.8 Å². The van der Waals surface area contributed by atoms with Crippen molar-refractivity contribution in [1.29, 1.82) is 0 Å². The number of rotatable bonds is 7. The van der Waals surface area contributed by atoms with Crippen molar-refractivity contribution in [2.75, 3.05) is 26.3 Å². The number of Topliss-reactive ketones (excluding diaryl/α,β-unsaturated/α-hetero) is 1. The lowest BCUT2D eigenvalue weighted by Crippen LogP contribution is -2.45. The van der Waals surface area contributed by atoms with Crippen molar-refractivity contribution in [3.8, 4) is 11.5 Å². The highest BCUT2D eigenvalue weighted by Crippen LogP contribution is 2.37. The number of nitrogens with zero attached hydrogens (tertiary/aromatic N) is 1. The summed E-state index contributed by atoms with van der Waals surface area (Å²) in [5.41, 5.74) is 2.18. The van der Waals surface area contributed by atoms with Crippen LogP contribution < -0.4 is 14.8 Å². The Labute approximate surface area is 183 Å². The SMILES string of the molecule is CC(=O)[C@H](Cc1ccccc1)NC(=O)CN1CCC[C@H]1c1ccc2c(c1)OCCCO2. The molecule has 6 heteroatoms.